The second-order valence-corrected chi connectivity index (χ2v) is 20.0. The maximum atomic E-state index is 10.4. The van der Waals surface area contributed by atoms with Gasteiger partial charge in [0, 0.05) is 83.8 Å². The number of allylic oxidation sites excluding steroid dienone is 10. The molecule has 2 aromatic rings. The smallest absolute Gasteiger partial charge is 0.138 e. The minimum Gasteiger partial charge on any atom is -0.378 e. The van der Waals surface area contributed by atoms with Crippen LogP contribution in [0, 0.1) is 136 Å². The molecule has 0 bridgehead atoms. The Morgan fingerprint density at radius 2 is 0.618 bits per heavy atom. The summed E-state index contributed by atoms with van der Waals surface area (Å²) < 4.78 is 0. The van der Waals surface area contributed by atoms with E-state index in [1.807, 2.05) is 194 Å². The van der Waals surface area contributed by atoms with E-state index in [-0.39, 0.29) is 44.6 Å². The summed E-state index contributed by atoms with van der Waals surface area (Å²) in [5.74, 6) is 12.3. The summed E-state index contributed by atoms with van der Waals surface area (Å²) in [7, 11) is 7.51. The highest BCUT2D eigenvalue weighted by Crippen LogP contribution is 2.44. The molecule has 0 amide bonds. The lowest BCUT2D eigenvalue weighted by atomic mass is 9.74. The van der Waals surface area contributed by atoms with Crippen molar-refractivity contribution >= 4 is 22.5 Å². The topological polar surface area (TPSA) is 197 Å². The highest BCUT2D eigenvalue weighted by molar-refractivity contribution is 5.94. The summed E-state index contributed by atoms with van der Waals surface area (Å²) in [6.07, 6.45) is 0. The van der Waals surface area contributed by atoms with E-state index in [1.54, 1.807) is 24.3 Å². The molecule has 0 saturated heterocycles. The summed E-state index contributed by atoms with van der Waals surface area (Å²) in [5.41, 5.74) is 7.31. The second kappa shape index (κ2) is 22.8. The summed E-state index contributed by atoms with van der Waals surface area (Å²) in [6.45, 7) is 22.8. The Morgan fingerprint density at radius 3 is 0.809 bits per heavy atom. The van der Waals surface area contributed by atoms with Crippen LogP contribution in [0.4, 0.5) is 11.4 Å². The lowest BCUT2D eigenvalue weighted by Crippen LogP contribution is -2.16. The van der Waals surface area contributed by atoms with Gasteiger partial charge in [0.2, 0.25) is 0 Å². The quantitative estimate of drug-likeness (QED) is 0.106. The molecule has 0 aliphatic rings. The van der Waals surface area contributed by atoms with Crippen molar-refractivity contribution in [2.75, 3.05) is 38.0 Å². The standard InChI is InChI=1S/C58H56N10/c1-55(2,3)45(29-49(57(7,8)9)53(43(35-63)36-64)51(41(31-59)32-60)39-21-25-47(26-22-39)67(13)14)19-17-18-20-46(56(4,5)6)30-50(58(10,11)12)54(44(37-65)38-66)52(42(33-61)34-62)40-23-27-48(28-24-40)68(15)16/h21-28H,1-16H3. The molecule has 338 valence electrons. The van der Waals surface area contributed by atoms with E-state index < -0.39 is 21.7 Å². The van der Waals surface area contributed by atoms with Crippen LogP contribution in [0.15, 0.2) is 116 Å². The summed E-state index contributed by atoms with van der Waals surface area (Å²) in [5, 5.41) is 82.8. The Kier molecular flexibility index (Phi) is 18.5. The first kappa shape index (κ1) is 55.2. The van der Waals surface area contributed by atoms with E-state index in [2.05, 4.69) is 35.1 Å². The van der Waals surface area contributed by atoms with Crippen molar-refractivity contribution in [2.45, 2.75) is 83.1 Å². The van der Waals surface area contributed by atoms with Gasteiger partial charge in [-0.05, 0) is 69.9 Å². The number of benzene rings is 2. The fraction of sp³-hybridized carbons (Fsp3) is 0.345. The Hall–Kier alpha value is -8.92. The first-order chi connectivity index (χ1) is 31.6. The van der Waals surface area contributed by atoms with Crippen molar-refractivity contribution in [3.05, 3.63) is 127 Å². The molecule has 2 aromatic carbocycles. The maximum absolute atomic E-state index is 10.4. The average molecular weight is 893 g/mol. The molecule has 0 fully saturated rings. The molecule has 0 unspecified atom stereocenters. The van der Waals surface area contributed by atoms with Crippen LogP contribution in [0.1, 0.15) is 94.2 Å². The van der Waals surface area contributed by atoms with Crippen molar-refractivity contribution < 1.29 is 0 Å². The highest BCUT2D eigenvalue weighted by atomic mass is 15.1. The first-order valence-electron chi connectivity index (χ1n) is 21.4. The third-order valence-electron chi connectivity index (χ3n) is 10.2. The molecule has 10 heteroatoms. The molecule has 0 radical (unpaired) electrons. The molecule has 2 rings (SSSR count). The van der Waals surface area contributed by atoms with Crippen molar-refractivity contribution in [1.82, 2.24) is 0 Å². The minimum absolute atomic E-state index is 0.0848. The van der Waals surface area contributed by atoms with Gasteiger partial charge >= 0.3 is 0 Å². The summed E-state index contributed by atoms with van der Waals surface area (Å²) >= 11 is 0. The van der Waals surface area contributed by atoms with E-state index in [0.717, 1.165) is 11.4 Å². The van der Waals surface area contributed by atoms with Crippen LogP contribution in [0.2, 0.25) is 0 Å². The van der Waals surface area contributed by atoms with Crippen LogP contribution < -0.4 is 9.80 Å². The van der Waals surface area contributed by atoms with E-state index >= 15 is 0 Å². The first-order valence-corrected chi connectivity index (χ1v) is 21.4. The molecule has 0 aromatic heterocycles. The number of anilines is 2. The maximum Gasteiger partial charge on any atom is 0.138 e. The highest BCUT2D eigenvalue weighted by Gasteiger charge is 2.32. The zero-order chi connectivity index (χ0) is 51.9. The van der Waals surface area contributed by atoms with Crippen molar-refractivity contribution in [2.24, 2.45) is 21.7 Å². The Balaban J connectivity index is 3.41. The Bertz CT molecular complexity index is 2820. The Labute approximate surface area is 404 Å². The van der Waals surface area contributed by atoms with Gasteiger partial charge in [0.15, 0.2) is 0 Å². The van der Waals surface area contributed by atoms with Crippen LogP contribution >= 0.6 is 0 Å². The number of nitrogens with zero attached hydrogens (tertiary/aromatic N) is 10. The monoisotopic (exact) mass is 892 g/mol. The normalized spacial score (nSPS) is 10.2. The molecule has 0 heterocycles. The van der Waals surface area contributed by atoms with Gasteiger partial charge in [-0.25, -0.2) is 0 Å². The molecule has 0 spiro atoms. The zero-order valence-electron chi connectivity index (χ0n) is 42.1. The molecule has 0 aliphatic carbocycles. The van der Waals surface area contributed by atoms with Gasteiger partial charge in [-0.2, -0.15) is 42.1 Å². The SMILES string of the molecule is CN(C)c1ccc(C(=C(C#N)C#N)C(C(=C=C(C#CC#CC(=C=C(C(=C(C#N)C#N)C(=C(C#N)C#N)c2ccc(N(C)C)cc2)C(C)(C)C)C(C)(C)C)C(C)(C)C)C(C)(C)C)=C(C#N)C#N)cc1. The molecule has 10 nitrogen and oxygen atoms in total. The van der Waals surface area contributed by atoms with Gasteiger partial charge in [-0.1, -0.05) is 107 Å². The average Bonchev–Trinajstić information content (AvgIpc) is 3.25. The number of rotatable bonds is 8. The van der Waals surface area contributed by atoms with Crippen molar-refractivity contribution in [1.29, 1.82) is 42.1 Å². The van der Waals surface area contributed by atoms with Gasteiger partial charge in [0.25, 0.3) is 0 Å². The number of nitriles is 8. The van der Waals surface area contributed by atoms with Gasteiger partial charge < -0.3 is 9.80 Å². The molecule has 0 atom stereocenters. The van der Waals surface area contributed by atoms with Crippen molar-refractivity contribution in [3.8, 4) is 72.2 Å². The summed E-state index contributed by atoms with van der Waals surface area (Å²) in [4.78, 5) is 3.79. The van der Waals surface area contributed by atoms with Crippen LogP contribution in [0.5, 0.6) is 0 Å². The van der Waals surface area contributed by atoms with Crippen LogP contribution in [0.3, 0.4) is 0 Å². The second-order valence-electron chi connectivity index (χ2n) is 20.0. The third-order valence-corrected chi connectivity index (χ3v) is 10.2. The predicted molar refractivity (Wildman–Crippen MR) is 269 cm³/mol. The molecule has 0 N–H and O–H groups in total. The van der Waals surface area contributed by atoms with Crippen LogP contribution in [0.25, 0.3) is 11.1 Å². The largest absolute Gasteiger partial charge is 0.378 e. The molecule has 0 aliphatic heterocycles. The van der Waals surface area contributed by atoms with Gasteiger partial charge in [-0.15, -0.1) is 11.5 Å². The molecular formula is C58H56N10. The lowest BCUT2D eigenvalue weighted by Gasteiger charge is -2.27. The number of hydrogen-bond donors (Lipinski definition) is 0. The van der Waals surface area contributed by atoms with Crippen molar-refractivity contribution in [3.63, 3.8) is 0 Å². The number of hydrogen-bond acceptors (Lipinski definition) is 10. The molecule has 0 saturated carbocycles. The van der Waals surface area contributed by atoms with E-state index in [1.165, 1.54) is 0 Å². The fourth-order valence-corrected chi connectivity index (χ4v) is 6.48. The van der Waals surface area contributed by atoms with E-state index in [4.69, 9.17) is 0 Å². The predicted octanol–water partition coefficient (Wildman–Crippen LogP) is 11.9. The minimum atomic E-state index is -0.825. The Morgan fingerprint density at radius 1 is 0.368 bits per heavy atom. The fourth-order valence-electron chi connectivity index (χ4n) is 6.48. The van der Waals surface area contributed by atoms with Gasteiger partial charge in [0.1, 0.15) is 70.8 Å². The van der Waals surface area contributed by atoms with Crippen LogP contribution in [-0.2, 0) is 0 Å². The lowest BCUT2D eigenvalue weighted by molar-refractivity contribution is 0.503. The summed E-state index contributed by atoms with van der Waals surface area (Å²) in [6, 6.07) is 30.2. The molecular weight excluding hydrogens is 837 g/mol. The van der Waals surface area contributed by atoms with Crippen LogP contribution in [-0.4, -0.2) is 28.2 Å². The zero-order valence-corrected chi connectivity index (χ0v) is 42.1. The van der Waals surface area contributed by atoms with E-state index in [9.17, 15) is 42.1 Å². The van der Waals surface area contributed by atoms with Gasteiger partial charge in [-0.3, -0.25) is 0 Å². The van der Waals surface area contributed by atoms with E-state index in [0.29, 0.717) is 33.4 Å². The molecule has 68 heavy (non-hydrogen) atoms. The van der Waals surface area contributed by atoms with Gasteiger partial charge in [0.05, 0.1) is 11.1 Å². The third kappa shape index (κ3) is 13.8.